The zero-order valence-corrected chi connectivity index (χ0v) is 19.0. The van der Waals surface area contributed by atoms with Gasteiger partial charge in [-0.1, -0.05) is 46.7 Å². The van der Waals surface area contributed by atoms with Gasteiger partial charge in [-0.2, -0.15) is 0 Å². The molecule has 0 saturated carbocycles. The van der Waals surface area contributed by atoms with Crippen molar-refractivity contribution in [2.45, 2.75) is 24.3 Å². The van der Waals surface area contributed by atoms with Gasteiger partial charge >= 0.3 is 0 Å². The molecule has 1 aliphatic heterocycles. The number of nitrogens with one attached hydrogen (secondary N) is 1. The number of anilines is 2. The Morgan fingerprint density at radius 2 is 2.13 bits per heavy atom. The predicted octanol–water partition coefficient (Wildman–Crippen LogP) is 4.91. The van der Waals surface area contributed by atoms with Gasteiger partial charge in [0.15, 0.2) is 16.2 Å². The smallest absolute Gasteiger partial charge is 0.230 e. The Labute approximate surface area is 194 Å². The molecule has 2 heterocycles. The van der Waals surface area contributed by atoms with Crippen molar-refractivity contribution >= 4 is 62.3 Å². The van der Waals surface area contributed by atoms with E-state index in [4.69, 9.17) is 27.8 Å². The Morgan fingerprint density at radius 3 is 2.87 bits per heavy atom. The fourth-order valence-electron chi connectivity index (χ4n) is 3.31. The Hall–Kier alpha value is -2.04. The average molecular weight is 500 g/mol. The number of aromatic nitrogens is 1. The standard InChI is InChI=1S/C20H16Cl2FN3O3S2/c21-13-2-1-3-16(19(13)22)26-7-6-15-17(10-26)30-20(24-15)25-18(27)8-11-4-5-12(31(28)29)9-14(11)23/h1-5,9H,6-8,10H2,(H,28,29)(H,24,25,27). The lowest BCUT2D eigenvalue weighted by Gasteiger charge is -2.29. The second-order valence-electron chi connectivity index (χ2n) is 6.86. The van der Waals surface area contributed by atoms with Crippen molar-refractivity contribution in [2.75, 3.05) is 16.8 Å². The van der Waals surface area contributed by atoms with Crippen molar-refractivity contribution in [3.8, 4) is 0 Å². The third-order valence-corrected chi connectivity index (χ3v) is 7.29. The first-order valence-corrected chi connectivity index (χ1v) is 11.9. The van der Waals surface area contributed by atoms with Gasteiger partial charge in [0, 0.05) is 17.8 Å². The lowest BCUT2D eigenvalue weighted by atomic mass is 10.1. The molecule has 1 amide bonds. The minimum atomic E-state index is -2.28. The molecule has 0 fully saturated rings. The van der Waals surface area contributed by atoms with Crippen molar-refractivity contribution < 1.29 is 17.9 Å². The van der Waals surface area contributed by atoms with Crippen molar-refractivity contribution in [2.24, 2.45) is 0 Å². The number of hydrogen-bond donors (Lipinski definition) is 2. The third kappa shape index (κ3) is 4.91. The summed E-state index contributed by atoms with van der Waals surface area (Å²) in [7, 11) is 0. The molecule has 1 unspecified atom stereocenters. The predicted molar refractivity (Wildman–Crippen MR) is 121 cm³/mol. The van der Waals surface area contributed by atoms with E-state index in [0.717, 1.165) is 22.3 Å². The summed E-state index contributed by atoms with van der Waals surface area (Å²) in [5.41, 5.74) is 1.90. The monoisotopic (exact) mass is 499 g/mol. The molecule has 162 valence electrons. The lowest BCUT2D eigenvalue weighted by molar-refractivity contribution is -0.115. The summed E-state index contributed by atoms with van der Waals surface area (Å²) >= 11 is 11.6. The van der Waals surface area contributed by atoms with E-state index in [1.165, 1.54) is 23.5 Å². The zero-order chi connectivity index (χ0) is 22.1. The molecule has 11 heteroatoms. The molecule has 2 N–H and O–H groups in total. The quantitative estimate of drug-likeness (QED) is 0.487. The molecule has 1 aromatic heterocycles. The lowest BCUT2D eigenvalue weighted by Crippen LogP contribution is -2.29. The minimum Gasteiger partial charge on any atom is -0.365 e. The Kier molecular flexibility index (Phi) is 6.59. The molecule has 6 nitrogen and oxygen atoms in total. The van der Waals surface area contributed by atoms with Crippen LogP contribution in [0.5, 0.6) is 0 Å². The number of rotatable bonds is 5. The Bertz CT molecular complexity index is 1190. The maximum absolute atomic E-state index is 14.1. The summed E-state index contributed by atoms with van der Waals surface area (Å²) < 4.78 is 34.1. The SMILES string of the molecule is O=C(Cc1ccc(S(=O)O)cc1F)Nc1nc2c(s1)CN(c1cccc(Cl)c1Cl)CC2. The first-order chi connectivity index (χ1) is 14.8. The summed E-state index contributed by atoms with van der Waals surface area (Å²) in [6.07, 6.45) is 0.484. The number of benzene rings is 2. The number of carbonyl (C=O) groups excluding carboxylic acids is 1. The van der Waals surface area contributed by atoms with Crippen molar-refractivity contribution in [1.29, 1.82) is 0 Å². The second-order valence-corrected chi connectivity index (χ2v) is 9.70. The molecule has 0 aliphatic carbocycles. The molecule has 3 aromatic rings. The van der Waals surface area contributed by atoms with Crippen LogP contribution in [-0.2, 0) is 35.3 Å². The topological polar surface area (TPSA) is 82.5 Å². The highest BCUT2D eigenvalue weighted by atomic mass is 35.5. The molecule has 1 atom stereocenters. The Morgan fingerprint density at radius 1 is 1.32 bits per heavy atom. The van der Waals surface area contributed by atoms with Crippen LogP contribution >= 0.6 is 34.5 Å². The summed E-state index contributed by atoms with van der Waals surface area (Å²) in [5.74, 6) is -1.12. The van der Waals surface area contributed by atoms with Crippen molar-refractivity contribution in [3.63, 3.8) is 0 Å². The van der Waals surface area contributed by atoms with Gasteiger partial charge in [-0.05, 0) is 29.8 Å². The van der Waals surface area contributed by atoms with E-state index in [0.29, 0.717) is 34.7 Å². The highest BCUT2D eigenvalue weighted by Gasteiger charge is 2.23. The second kappa shape index (κ2) is 9.22. The van der Waals surface area contributed by atoms with Gasteiger partial charge in [-0.25, -0.2) is 13.6 Å². The minimum absolute atomic E-state index is 0.0568. The van der Waals surface area contributed by atoms with Gasteiger partial charge in [-0.15, -0.1) is 0 Å². The van der Waals surface area contributed by atoms with Gasteiger partial charge in [0.25, 0.3) is 0 Å². The molecule has 2 aromatic carbocycles. The number of carbonyl (C=O) groups is 1. The molecular formula is C20H16Cl2FN3O3S2. The summed E-state index contributed by atoms with van der Waals surface area (Å²) in [4.78, 5) is 19.9. The molecule has 1 aliphatic rings. The van der Waals surface area contributed by atoms with Crippen LogP contribution in [0.1, 0.15) is 16.1 Å². The average Bonchev–Trinajstić information content (AvgIpc) is 3.12. The van der Waals surface area contributed by atoms with Crippen LogP contribution in [0.4, 0.5) is 15.2 Å². The molecule has 0 radical (unpaired) electrons. The van der Waals surface area contributed by atoms with Crippen LogP contribution in [0.3, 0.4) is 0 Å². The number of fused-ring (bicyclic) bond motifs is 1. The van der Waals surface area contributed by atoms with Crippen LogP contribution in [0.25, 0.3) is 0 Å². The molecular weight excluding hydrogens is 484 g/mol. The molecule has 0 spiro atoms. The van der Waals surface area contributed by atoms with Crippen molar-refractivity contribution in [3.05, 3.63) is 68.4 Å². The molecule has 31 heavy (non-hydrogen) atoms. The summed E-state index contributed by atoms with van der Waals surface area (Å²) in [5, 5.41) is 4.16. The van der Waals surface area contributed by atoms with E-state index in [1.807, 2.05) is 12.1 Å². The van der Waals surface area contributed by atoms with Crippen LogP contribution in [0, 0.1) is 5.82 Å². The molecule has 0 bridgehead atoms. The number of nitrogens with zero attached hydrogens (tertiary/aromatic N) is 2. The van der Waals surface area contributed by atoms with Crippen molar-refractivity contribution in [1.82, 2.24) is 4.98 Å². The number of halogens is 3. The first kappa shape index (κ1) is 22.2. The van der Waals surface area contributed by atoms with E-state index in [9.17, 15) is 13.4 Å². The van der Waals surface area contributed by atoms with Crippen LogP contribution < -0.4 is 10.2 Å². The number of amides is 1. The van der Waals surface area contributed by atoms with Crippen LogP contribution in [0.2, 0.25) is 10.0 Å². The zero-order valence-electron chi connectivity index (χ0n) is 15.9. The highest BCUT2D eigenvalue weighted by Crippen LogP contribution is 2.36. The number of hydrogen-bond acceptors (Lipinski definition) is 5. The molecule has 0 saturated heterocycles. The maximum atomic E-state index is 14.1. The van der Waals surface area contributed by atoms with Gasteiger partial charge < -0.3 is 14.8 Å². The maximum Gasteiger partial charge on any atom is 0.230 e. The first-order valence-electron chi connectivity index (χ1n) is 9.18. The van der Waals surface area contributed by atoms with Gasteiger partial charge in [-0.3, -0.25) is 4.79 Å². The third-order valence-electron chi connectivity index (χ3n) is 4.83. The normalized spacial score (nSPS) is 14.3. The van der Waals surface area contributed by atoms with Gasteiger partial charge in [0.2, 0.25) is 5.91 Å². The fourth-order valence-corrected chi connectivity index (χ4v) is 5.15. The van der Waals surface area contributed by atoms with E-state index in [-0.39, 0.29) is 16.9 Å². The van der Waals surface area contributed by atoms with Gasteiger partial charge in [0.1, 0.15) is 5.82 Å². The largest absolute Gasteiger partial charge is 0.365 e. The van der Waals surface area contributed by atoms with E-state index in [2.05, 4.69) is 15.2 Å². The van der Waals surface area contributed by atoms with Crippen LogP contribution in [-0.4, -0.2) is 26.2 Å². The summed E-state index contributed by atoms with van der Waals surface area (Å²) in [6.45, 7) is 1.31. The highest BCUT2D eigenvalue weighted by molar-refractivity contribution is 7.79. The number of thiazole rings is 1. The fraction of sp³-hybridized carbons (Fsp3) is 0.200. The van der Waals surface area contributed by atoms with E-state index < -0.39 is 22.8 Å². The van der Waals surface area contributed by atoms with E-state index >= 15 is 0 Å². The van der Waals surface area contributed by atoms with Gasteiger partial charge in [0.05, 0.1) is 39.3 Å². The van der Waals surface area contributed by atoms with Crippen LogP contribution in [0.15, 0.2) is 41.3 Å². The van der Waals surface area contributed by atoms with E-state index in [1.54, 1.807) is 6.07 Å². The summed E-state index contributed by atoms with van der Waals surface area (Å²) in [6, 6.07) is 9.10. The molecule has 4 rings (SSSR count). The Balaban J connectivity index is 1.44.